The standard InChI is InChI=1S/C15H11ClN2O3/c1-17-7-3-6-10(17)12(19)8-18-11-5-2-4-9(16)13(11)14(20)15(18)21/h2-7H,8H2,1H3. The van der Waals surface area contributed by atoms with E-state index in [1.165, 1.54) is 4.90 Å². The zero-order valence-electron chi connectivity index (χ0n) is 11.2. The Morgan fingerprint density at radius 3 is 2.62 bits per heavy atom. The minimum atomic E-state index is -0.722. The van der Waals surface area contributed by atoms with Crippen molar-refractivity contribution in [1.29, 1.82) is 0 Å². The number of aromatic nitrogens is 1. The number of aryl methyl sites for hydroxylation is 1. The van der Waals surface area contributed by atoms with E-state index in [2.05, 4.69) is 0 Å². The van der Waals surface area contributed by atoms with Gasteiger partial charge in [-0.05, 0) is 24.3 Å². The molecule has 0 bridgehead atoms. The van der Waals surface area contributed by atoms with Gasteiger partial charge in [0, 0.05) is 13.2 Å². The molecule has 0 unspecified atom stereocenters. The third-order valence-corrected chi connectivity index (χ3v) is 3.80. The molecule has 0 radical (unpaired) electrons. The molecule has 1 aromatic heterocycles. The highest BCUT2D eigenvalue weighted by atomic mass is 35.5. The molecule has 21 heavy (non-hydrogen) atoms. The summed E-state index contributed by atoms with van der Waals surface area (Å²) in [5.74, 6) is -1.63. The first kappa shape index (κ1) is 13.6. The highest BCUT2D eigenvalue weighted by Gasteiger charge is 2.38. The molecule has 1 aliphatic rings. The summed E-state index contributed by atoms with van der Waals surface area (Å²) in [5.41, 5.74) is 1.04. The molecular weight excluding hydrogens is 292 g/mol. The third-order valence-electron chi connectivity index (χ3n) is 3.48. The maximum Gasteiger partial charge on any atom is 0.299 e. The molecule has 2 aromatic rings. The number of nitrogens with zero attached hydrogens (tertiary/aromatic N) is 2. The van der Waals surface area contributed by atoms with Crippen molar-refractivity contribution in [3.05, 3.63) is 52.8 Å². The Bertz CT molecular complexity index is 779. The molecule has 0 spiro atoms. The second-order valence-electron chi connectivity index (χ2n) is 4.78. The zero-order chi connectivity index (χ0) is 15.1. The van der Waals surface area contributed by atoms with Crippen LogP contribution in [0.15, 0.2) is 36.5 Å². The summed E-state index contributed by atoms with van der Waals surface area (Å²) in [6, 6.07) is 8.22. The van der Waals surface area contributed by atoms with E-state index in [9.17, 15) is 14.4 Å². The maximum atomic E-state index is 12.3. The van der Waals surface area contributed by atoms with E-state index in [0.29, 0.717) is 11.4 Å². The van der Waals surface area contributed by atoms with Gasteiger partial charge in [-0.15, -0.1) is 0 Å². The minimum Gasteiger partial charge on any atom is -0.348 e. The minimum absolute atomic E-state index is 0.170. The number of rotatable bonds is 3. The van der Waals surface area contributed by atoms with Crippen LogP contribution in [0.5, 0.6) is 0 Å². The van der Waals surface area contributed by atoms with Gasteiger partial charge in [0.2, 0.25) is 0 Å². The summed E-state index contributed by atoms with van der Waals surface area (Å²) < 4.78 is 1.67. The van der Waals surface area contributed by atoms with Crippen molar-refractivity contribution in [2.45, 2.75) is 0 Å². The van der Waals surface area contributed by atoms with Crippen molar-refractivity contribution in [3.8, 4) is 0 Å². The van der Waals surface area contributed by atoms with E-state index >= 15 is 0 Å². The predicted octanol–water partition coefficient (Wildman–Crippen LogP) is 2.09. The number of ketones is 2. The van der Waals surface area contributed by atoms with Crippen LogP contribution in [0.2, 0.25) is 5.02 Å². The summed E-state index contributed by atoms with van der Waals surface area (Å²) in [6.07, 6.45) is 1.75. The van der Waals surface area contributed by atoms with Gasteiger partial charge in [-0.25, -0.2) is 0 Å². The number of anilines is 1. The van der Waals surface area contributed by atoms with Crippen molar-refractivity contribution in [3.63, 3.8) is 0 Å². The monoisotopic (exact) mass is 302 g/mol. The Balaban J connectivity index is 1.96. The van der Waals surface area contributed by atoms with E-state index in [-0.39, 0.29) is 22.9 Å². The fourth-order valence-electron chi connectivity index (χ4n) is 2.43. The number of benzene rings is 1. The number of hydrogen-bond donors (Lipinski definition) is 0. The first-order valence-corrected chi connectivity index (χ1v) is 6.67. The molecule has 0 atom stereocenters. The van der Waals surface area contributed by atoms with Gasteiger partial charge < -0.3 is 4.57 Å². The molecule has 106 valence electrons. The Morgan fingerprint density at radius 2 is 1.95 bits per heavy atom. The highest BCUT2D eigenvalue weighted by Crippen LogP contribution is 2.34. The number of hydrogen-bond acceptors (Lipinski definition) is 3. The summed E-state index contributed by atoms with van der Waals surface area (Å²) in [7, 11) is 1.75. The molecule has 3 rings (SSSR count). The molecule has 0 saturated carbocycles. The van der Waals surface area contributed by atoms with Crippen LogP contribution in [0.1, 0.15) is 20.8 Å². The summed E-state index contributed by atoms with van der Waals surface area (Å²) in [4.78, 5) is 37.5. The van der Waals surface area contributed by atoms with Crippen LogP contribution >= 0.6 is 11.6 Å². The third kappa shape index (κ3) is 2.06. The van der Waals surface area contributed by atoms with E-state index in [1.54, 1.807) is 48.1 Å². The van der Waals surface area contributed by atoms with Crippen LogP contribution in [-0.2, 0) is 11.8 Å². The van der Waals surface area contributed by atoms with E-state index in [0.717, 1.165) is 0 Å². The normalized spacial score (nSPS) is 13.7. The largest absolute Gasteiger partial charge is 0.348 e. The number of carbonyl (C=O) groups excluding carboxylic acids is 3. The Hall–Kier alpha value is -2.40. The zero-order valence-corrected chi connectivity index (χ0v) is 11.9. The number of fused-ring (bicyclic) bond motifs is 1. The van der Waals surface area contributed by atoms with Crippen molar-refractivity contribution < 1.29 is 14.4 Å². The average molecular weight is 303 g/mol. The van der Waals surface area contributed by atoms with E-state index in [4.69, 9.17) is 11.6 Å². The smallest absolute Gasteiger partial charge is 0.299 e. The molecular formula is C15H11ClN2O3. The van der Waals surface area contributed by atoms with Gasteiger partial charge in [0.05, 0.1) is 28.5 Å². The van der Waals surface area contributed by atoms with Gasteiger partial charge in [-0.3, -0.25) is 19.3 Å². The number of halogens is 1. The lowest BCUT2D eigenvalue weighted by atomic mass is 10.1. The van der Waals surface area contributed by atoms with Crippen molar-refractivity contribution >= 4 is 34.8 Å². The van der Waals surface area contributed by atoms with Crippen LogP contribution in [0.4, 0.5) is 5.69 Å². The van der Waals surface area contributed by atoms with E-state index in [1.807, 2.05) is 0 Å². The lowest BCUT2D eigenvalue weighted by Crippen LogP contribution is -2.35. The Morgan fingerprint density at radius 1 is 1.19 bits per heavy atom. The quantitative estimate of drug-likeness (QED) is 0.644. The second kappa shape index (κ2) is 4.86. The lowest BCUT2D eigenvalue weighted by molar-refractivity contribution is -0.114. The molecule has 1 amide bonds. The van der Waals surface area contributed by atoms with Gasteiger partial charge in [-0.1, -0.05) is 17.7 Å². The van der Waals surface area contributed by atoms with Crippen LogP contribution in [-0.4, -0.2) is 28.6 Å². The Labute approximate surface area is 125 Å². The van der Waals surface area contributed by atoms with Crippen LogP contribution in [0.25, 0.3) is 0 Å². The predicted molar refractivity (Wildman–Crippen MR) is 77.9 cm³/mol. The summed E-state index contributed by atoms with van der Waals surface area (Å²) in [6.45, 7) is -0.185. The van der Waals surface area contributed by atoms with Crippen molar-refractivity contribution in [2.75, 3.05) is 11.4 Å². The molecule has 6 heteroatoms. The highest BCUT2D eigenvalue weighted by molar-refractivity contribution is 6.55. The Kier molecular flexibility index (Phi) is 3.14. The molecule has 2 heterocycles. The SMILES string of the molecule is Cn1cccc1C(=O)CN1C(=O)C(=O)c2c(Cl)cccc21. The van der Waals surface area contributed by atoms with Gasteiger partial charge in [0.1, 0.15) is 0 Å². The number of carbonyl (C=O) groups is 3. The summed E-state index contributed by atoms with van der Waals surface area (Å²) in [5, 5.41) is 0.222. The van der Waals surface area contributed by atoms with Crippen LogP contribution < -0.4 is 4.90 Å². The molecule has 1 aliphatic heterocycles. The first-order chi connectivity index (χ1) is 10.0. The van der Waals surface area contributed by atoms with Gasteiger partial charge in [-0.2, -0.15) is 0 Å². The molecule has 0 N–H and O–H groups in total. The molecule has 0 saturated heterocycles. The number of Topliss-reactive ketones (excluding diaryl/α,β-unsaturated/α-hetero) is 2. The first-order valence-electron chi connectivity index (χ1n) is 6.30. The fraction of sp³-hybridized carbons (Fsp3) is 0.133. The molecule has 0 aliphatic carbocycles. The van der Waals surface area contributed by atoms with Gasteiger partial charge >= 0.3 is 0 Å². The van der Waals surface area contributed by atoms with Crippen LogP contribution in [0, 0.1) is 0 Å². The summed E-state index contributed by atoms with van der Waals surface area (Å²) >= 11 is 5.97. The van der Waals surface area contributed by atoms with Crippen LogP contribution in [0.3, 0.4) is 0 Å². The average Bonchev–Trinajstić information content (AvgIpc) is 2.97. The van der Waals surface area contributed by atoms with Crippen molar-refractivity contribution in [2.24, 2.45) is 7.05 Å². The molecule has 0 fully saturated rings. The van der Waals surface area contributed by atoms with Gasteiger partial charge in [0.25, 0.3) is 11.7 Å². The maximum absolute atomic E-state index is 12.3. The molecule has 5 nitrogen and oxygen atoms in total. The second-order valence-corrected chi connectivity index (χ2v) is 5.19. The van der Waals surface area contributed by atoms with Crippen molar-refractivity contribution in [1.82, 2.24) is 4.57 Å². The lowest BCUT2D eigenvalue weighted by Gasteiger charge is -2.15. The van der Waals surface area contributed by atoms with E-state index < -0.39 is 11.7 Å². The molecule has 1 aromatic carbocycles. The fourth-order valence-corrected chi connectivity index (χ4v) is 2.69. The van der Waals surface area contributed by atoms with Gasteiger partial charge in [0.15, 0.2) is 5.78 Å². The topological polar surface area (TPSA) is 59.4 Å². The number of amides is 1.